The van der Waals surface area contributed by atoms with Crippen molar-refractivity contribution in [2.45, 2.75) is 25.7 Å². The molecule has 0 amide bonds. The number of benzene rings is 1. The molecule has 0 heterocycles. The van der Waals surface area contributed by atoms with Gasteiger partial charge >= 0.3 is 0 Å². The summed E-state index contributed by atoms with van der Waals surface area (Å²) in [5.41, 5.74) is 3.14. The third-order valence-electron chi connectivity index (χ3n) is 3.84. The number of nitrogens with zero attached hydrogens (tertiary/aromatic N) is 1. The number of rotatable bonds is 6. The molecule has 0 bridgehead atoms. The van der Waals surface area contributed by atoms with Gasteiger partial charge in [-0.05, 0) is 76.5 Å². The van der Waals surface area contributed by atoms with E-state index in [9.17, 15) is 0 Å². The molecule has 0 saturated heterocycles. The zero-order valence-electron chi connectivity index (χ0n) is 11.8. The second-order valence-corrected chi connectivity index (χ2v) is 5.74. The van der Waals surface area contributed by atoms with Gasteiger partial charge in [-0.25, -0.2) is 0 Å². The Balaban J connectivity index is 1.67. The van der Waals surface area contributed by atoms with Crippen molar-refractivity contribution in [2.75, 3.05) is 33.7 Å². The van der Waals surface area contributed by atoms with Crippen LogP contribution in [0.4, 0.5) is 0 Å². The molecule has 1 aromatic carbocycles. The van der Waals surface area contributed by atoms with Crippen LogP contribution in [0.1, 0.15) is 24.0 Å². The fourth-order valence-electron chi connectivity index (χ4n) is 2.77. The summed E-state index contributed by atoms with van der Waals surface area (Å²) in [5, 5.41) is 3.61. The van der Waals surface area contributed by atoms with E-state index in [2.05, 4.69) is 48.6 Å². The van der Waals surface area contributed by atoms with Gasteiger partial charge in [-0.1, -0.05) is 24.3 Å². The fraction of sp³-hybridized carbons (Fsp3) is 0.625. The van der Waals surface area contributed by atoms with Crippen molar-refractivity contribution in [3.05, 3.63) is 35.4 Å². The third-order valence-corrected chi connectivity index (χ3v) is 3.84. The molecule has 1 atom stereocenters. The predicted molar refractivity (Wildman–Crippen MR) is 78.0 cm³/mol. The van der Waals surface area contributed by atoms with Gasteiger partial charge in [-0.3, -0.25) is 0 Å². The molecule has 0 fully saturated rings. The van der Waals surface area contributed by atoms with Crippen LogP contribution in [0.3, 0.4) is 0 Å². The summed E-state index contributed by atoms with van der Waals surface area (Å²) < 4.78 is 0. The average Bonchev–Trinajstić information content (AvgIpc) is 2.38. The maximum atomic E-state index is 3.61. The number of hydrogen-bond acceptors (Lipinski definition) is 2. The lowest BCUT2D eigenvalue weighted by Crippen LogP contribution is -2.29. The molecule has 1 N–H and O–H groups in total. The van der Waals surface area contributed by atoms with Crippen LogP contribution in [0, 0.1) is 5.92 Å². The van der Waals surface area contributed by atoms with Crippen LogP contribution in [0.15, 0.2) is 24.3 Å². The minimum atomic E-state index is 0.833. The van der Waals surface area contributed by atoms with Gasteiger partial charge in [0.05, 0.1) is 0 Å². The van der Waals surface area contributed by atoms with Crippen molar-refractivity contribution in [1.29, 1.82) is 0 Å². The largest absolute Gasteiger partial charge is 0.316 e. The zero-order chi connectivity index (χ0) is 12.8. The van der Waals surface area contributed by atoms with Crippen LogP contribution in [0.5, 0.6) is 0 Å². The van der Waals surface area contributed by atoms with Crippen LogP contribution < -0.4 is 5.32 Å². The molecule has 2 heteroatoms. The first-order valence-electron chi connectivity index (χ1n) is 7.18. The highest BCUT2D eigenvalue weighted by Gasteiger charge is 2.17. The molecule has 1 aliphatic rings. The van der Waals surface area contributed by atoms with E-state index in [0.717, 1.165) is 12.5 Å². The summed E-state index contributed by atoms with van der Waals surface area (Å²) >= 11 is 0. The number of nitrogens with one attached hydrogen (secondary N) is 1. The minimum Gasteiger partial charge on any atom is -0.316 e. The molecule has 18 heavy (non-hydrogen) atoms. The fourth-order valence-corrected chi connectivity index (χ4v) is 2.77. The quantitative estimate of drug-likeness (QED) is 0.775. The summed E-state index contributed by atoms with van der Waals surface area (Å²) in [5.74, 6) is 0.833. The van der Waals surface area contributed by atoms with Crippen molar-refractivity contribution >= 4 is 0 Å². The molecule has 2 nitrogen and oxygen atoms in total. The van der Waals surface area contributed by atoms with Crippen molar-refractivity contribution in [2.24, 2.45) is 5.92 Å². The SMILES string of the molecule is CN(C)CCCNCC1CCc2ccccc2C1. The Kier molecular flexibility index (Phi) is 5.21. The first kappa shape index (κ1) is 13.6. The van der Waals surface area contributed by atoms with Crippen LogP contribution in [-0.2, 0) is 12.8 Å². The van der Waals surface area contributed by atoms with Crippen molar-refractivity contribution in [3.63, 3.8) is 0 Å². The Hall–Kier alpha value is -0.860. The highest BCUT2D eigenvalue weighted by molar-refractivity contribution is 5.29. The molecule has 0 spiro atoms. The van der Waals surface area contributed by atoms with E-state index in [0.29, 0.717) is 0 Å². The van der Waals surface area contributed by atoms with Gasteiger partial charge in [0.25, 0.3) is 0 Å². The average molecular weight is 246 g/mol. The second-order valence-electron chi connectivity index (χ2n) is 5.74. The minimum absolute atomic E-state index is 0.833. The van der Waals surface area contributed by atoms with Gasteiger partial charge in [0.1, 0.15) is 0 Å². The van der Waals surface area contributed by atoms with Gasteiger partial charge in [-0.15, -0.1) is 0 Å². The summed E-state index contributed by atoms with van der Waals surface area (Å²) in [6.45, 7) is 3.51. The Morgan fingerprint density at radius 1 is 1.22 bits per heavy atom. The van der Waals surface area contributed by atoms with Gasteiger partial charge in [-0.2, -0.15) is 0 Å². The molecule has 2 rings (SSSR count). The maximum Gasteiger partial charge on any atom is -0.00127 e. The molecule has 1 unspecified atom stereocenters. The summed E-state index contributed by atoms with van der Waals surface area (Å²) in [6.07, 6.45) is 5.12. The smallest absolute Gasteiger partial charge is 0.00127 e. The molecule has 0 aliphatic heterocycles. The molecular weight excluding hydrogens is 220 g/mol. The zero-order valence-corrected chi connectivity index (χ0v) is 11.8. The Labute approximate surface area is 111 Å². The van der Waals surface area contributed by atoms with Gasteiger partial charge in [0.15, 0.2) is 0 Å². The van der Waals surface area contributed by atoms with Gasteiger partial charge in [0, 0.05) is 0 Å². The molecule has 1 aliphatic carbocycles. The summed E-state index contributed by atoms with van der Waals surface area (Å²) in [4.78, 5) is 2.25. The first-order chi connectivity index (χ1) is 8.75. The van der Waals surface area contributed by atoms with Crippen molar-refractivity contribution < 1.29 is 0 Å². The lowest BCUT2D eigenvalue weighted by Gasteiger charge is -2.25. The van der Waals surface area contributed by atoms with E-state index in [1.165, 1.54) is 38.8 Å². The molecular formula is C16H26N2. The van der Waals surface area contributed by atoms with E-state index >= 15 is 0 Å². The highest BCUT2D eigenvalue weighted by Crippen LogP contribution is 2.24. The van der Waals surface area contributed by atoms with E-state index < -0.39 is 0 Å². The van der Waals surface area contributed by atoms with Crippen LogP contribution in [-0.4, -0.2) is 38.6 Å². The highest BCUT2D eigenvalue weighted by atomic mass is 15.1. The standard InChI is InChI=1S/C16H26N2/c1-18(2)11-5-10-17-13-14-8-9-15-6-3-4-7-16(15)12-14/h3-4,6-7,14,17H,5,8-13H2,1-2H3. The Morgan fingerprint density at radius 3 is 2.78 bits per heavy atom. The van der Waals surface area contributed by atoms with Crippen LogP contribution in [0.2, 0.25) is 0 Å². The topological polar surface area (TPSA) is 15.3 Å². The van der Waals surface area contributed by atoms with Crippen LogP contribution >= 0.6 is 0 Å². The van der Waals surface area contributed by atoms with Crippen LogP contribution in [0.25, 0.3) is 0 Å². The van der Waals surface area contributed by atoms with E-state index in [-0.39, 0.29) is 0 Å². The molecule has 0 saturated carbocycles. The maximum absolute atomic E-state index is 3.61. The molecule has 0 aromatic heterocycles. The Bertz CT molecular complexity index is 360. The van der Waals surface area contributed by atoms with E-state index in [1.807, 2.05) is 0 Å². The summed E-state index contributed by atoms with van der Waals surface area (Å²) in [7, 11) is 4.27. The van der Waals surface area contributed by atoms with Gasteiger partial charge < -0.3 is 10.2 Å². The normalized spacial score (nSPS) is 18.9. The number of hydrogen-bond donors (Lipinski definition) is 1. The van der Waals surface area contributed by atoms with Crippen molar-refractivity contribution in [3.8, 4) is 0 Å². The van der Waals surface area contributed by atoms with E-state index in [4.69, 9.17) is 0 Å². The first-order valence-corrected chi connectivity index (χ1v) is 7.18. The molecule has 0 radical (unpaired) electrons. The monoisotopic (exact) mass is 246 g/mol. The molecule has 1 aromatic rings. The lowest BCUT2D eigenvalue weighted by atomic mass is 9.84. The Morgan fingerprint density at radius 2 is 2.00 bits per heavy atom. The van der Waals surface area contributed by atoms with Gasteiger partial charge in [0.2, 0.25) is 0 Å². The molecule has 100 valence electrons. The van der Waals surface area contributed by atoms with Crippen molar-refractivity contribution in [1.82, 2.24) is 10.2 Å². The number of fused-ring (bicyclic) bond motifs is 1. The predicted octanol–water partition coefficient (Wildman–Crippen LogP) is 2.33. The number of aryl methyl sites for hydroxylation is 1. The lowest BCUT2D eigenvalue weighted by molar-refractivity contribution is 0.379. The third kappa shape index (κ3) is 4.11. The second kappa shape index (κ2) is 6.91. The summed E-state index contributed by atoms with van der Waals surface area (Å²) in [6, 6.07) is 8.92. The van der Waals surface area contributed by atoms with E-state index in [1.54, 1.807) is 11.1 Å².